The molecule has 0 aliphatic heterocycles. The van der Waals surface area contributed by atoms with Crippen molar-refractivity contribution < 1.29 is 4.79 Å². The van der Waals surface area contributed by atoms with Crippen LogP contribution >= 0.6 is 23.2 Å². The Kier molecular flexibility index (Phi) is 4.39. The summed E-state index contributed by atoms with van der Waals surface area (Å²) in [4.78, 5) is 14.9. The van der Waals surface area contributed by atoms with E-state index >= 15 is 0 Å². The van der Waals surface area contributed by atoms with E-state index in [0.717, 1.165) is 24.0 Å². The molecule has 0 heterocycles. The lowest BCUT2D eigenvalue weighted by atomic mass is 9.93. The summed E-state index contributed by atoms with van der Waals surface area (Å²) < 4.78 is 0. The fraction of sp³-hybridized carbons (Fsp3) is 0.316. The summed E-state index contributed by atoms with van der Waals surface area (Å²) in [5.41, 5.74) is 1.66. The third kappa shape index (κ3) is 2.98. The maximum absolute atomic E-state index is 13.1. The number of carbonyl (C=O) groups excluding carboxylic acids is 1. The van der Waals surface area contributed by atoms with Crippen molar-refractivity contribution >= 4 is 29.1 Å². The second kappa shape index (κ2) is 6.18. The summed E-state index contributed by atoms with van der Waals surface area (Å²) in [6.07, 6.45) is 1.71. The van der Waals surface area contributed by atoms with Gasteiger partial charge in [-0.15, -0.1) is 0 Å². The van der Waals surface area contributed by atoms with Crippen LogP contribution in [0.15, 0.2) is 48.5 Å². The number of hydrogen-bond acceptors (Lipinski definition) is 1. The van der Waals surface area contributed by atoms with Gasteiger partial charge in [-0.05, 0) is 43.0 Å². The minimum absolute atomic E-state index is 0.0314. The molecular formula is C19H19Cl2NO. The Morgan fingerprint density at radius 1 is 1.09 bits per heavy atom. The van der Waals surface area contributed by atoms with Crippen molar-refractivity contribution in [1.29, 1.82) is 0 Å². The van der Waals surface area contributed by atoms with Gasteiger partial charge in [0.05, 0.1) is 21.5 Å². The van der Waals surface area contributed by atoms with E-state index in [1.165, 1.54) is 0 Å². The minimum atomic E-state index is -0.438. The summed E-state index contributed by atoms with van der Waals surface area (Å²) in [6, 6.07) is 15.6. The number of amides is 1. The SMILES string of the molecule is C[C@H](c1ccccc1)N(C)C(=O)C1(c2ccc(Cl)c(Cl)c2)CC1. The molecule has 3 rings (SSSR count). The molecule has 0 saturated heterocycles. The van der Waals surface area contributed by atoms with Crippen LogP contribution in [0.5, 0.6) is 0 Å². The third-order valence-corrected chi connectivity index (χ3v) is 5.55. The second-order valence-corrected chi connectivity index (χ2v) is 7.03. The zero-order chi connectivity index (χ0) is 16.6. The number of benzene rings is 2. The summed E-state index contributed by atoms with van der Waals surface area (Å²) in [6.45, 7) is 2.05. The summed E-state index contributed by atoms with van der Waals surface area (Å²) in [5.74, 6) is 0.146. The van der Waals surface area contributed by atoms with Crippen molar-refractivity contribution in [2.45, 2.75) is 31.2 Å². The molecule has 1 aliphatic carbocycles. The Labute approximate surface area is 147 Å². The van der Waals surface area contributed by atoms with E-state index in [9.17, 15) is 4.79 Å². The van der Waals surface area contributed by atoms with E-state index in [1.54, 1.807) is 6.07 Å². The van der Waals surface area contributed by atoms with Crippen LogP contribution in [0.3, 0.4) is 0 Å². The van der Waals surface area contributed by atoms with Gasteiger partial charge < -0.3 is 4.90 Å². The first-order valence-electron chi connectivity index (χ1n) is 7.73. The average molecular weight is 348 g/mol. The van der Waals surface area contributed by atoms with Crippen molar-refractivity contribution in [2.75, 3.05) is 7.05 Å². The van der Waals surface area contributed by atoms with Crippen LogP contribution in [-0.2, 0) is 10.2 Å². The number of likely N-dealkylation sites (N-methyl/N-ethyl adjacent to an activating group) is 1. The van der Waals surface area contributed by atoms with Gasteiger partial charge in [-0.25, -0.2) is 0 Å². The maximum Gasteiger partial charge on any atom is 0.233 e. The van der Waals surface area contributed by atoms with Gasteiger partial charge in [0.2, 0.25) is 5.91 Å². The van der Waals surface area contributed by atoms with Crippen molar-refractivity contribution in [1.82, 2.24) is 4.90 Å². The van der Waals surface area contributed by atoms with E-state index < -0.39 is 5.41 Å². The minimum Gasteiger partial charge on any atom is -0.338 e. The first kappa shape index (κ1) is 16.4. The van der Waals surface area contributed by atoms with Gasteiger partial charge in [-0.3, -0.25) is 4.79 Å². The summed E-state index contributed by atoms with van der Waals surface area (Å²) in [5, 5.41) is 1.02. The first-order chi connectivity index (χ1) is 11.0. The highest BCUT2D eigenvalue weighted by atomic mass is 35.5. The Hall–Kier alpha value is -1.51. The largest absolute Gasteiger partial charge is 0.338 e. The maximum atomic E-state index is 13.1. The van der Waals surface area contributed by atoms with Gasteiger partial charge >= 0.3 is 0 Å². The average Bonchev–Trinajstić information content (AvgIpc) is 3.38. The topological polar surface area (TPSA) is 20.3 Å². The number of hydrogen-bond donors (Lipinski definition) is 0. The molecule has 0 aromatic heterocycles. The highest BCUT2D eigenvalue weighted by Crippen LogP contribution is 2.51. The molecule has 0 radical (unpaired) electrons. The van der Waals surface area contributed by atoms with E-state index in [1.807, 2.05) is 54.4 Å². The first-order valence-corrected chi connectivity index (χ1v) is 8.49. The lowest BCUT2D eigenvalue weighted by molar-refractivity contribution is -0.134. The van der Waals surface area contributed by atoms with Gasteiger partial charge in [0.15, 0.2) is 0 Å². The van der Waals surface area contributed by atoms with E-state index in [0.29, 0.717) is 10.0 Å². The Bertz CT molecular complexity index is 725. The van der Waals surface area contributed by atoms with E-state index in [2.05, 4.69) is 6.92 Å². The van der Waals surface area contributed by atoms with Gasteiger partial charge in [0.25, 0.3) is 0 Å². The molecule has 1 fully saturated rings. The van der Waals surface area contributed by atoms with Crippen LogP contribution in [0.2, 0.25) is 10.0 Å². The molecule has 1 amide bonds. The standard InChI is InChI=1S/C19H19Cl2NO/c1-13(14-6-4-3-5-7-14)22(2)18(23)19(10-11-19)15-8-9-16(20)17(21)12-15/h3-9,12-13H,10-11H2,1-2H3/t13-/m1/s1. The van der Waals surface area contributed by atoms with Crippen LogP contribution < -0.4 is 0 Å². The predicted molar refractivity (Wildman–Crippen MR) is 95.0 cm³/mol. The lowest BCUT2D eigenvalue weighted by Crippen LogP contribution is -2.38. The Balaban J connectivity index is 1.85. The molecule has 1 saturated carbocycles. The molecule has 4 heteroatoms. The molecule has 1 aliphatic rings. The van der Waals surface area contributed by atoms with Crippen LogP contribution in [0.4, 0.5) is 0 Å². The molecule has 0 bridgehead atoms. The van der Waals surface area contributed by atoms with Crippen molar-refractivity contribution in [2.24, 2.45) is 0 Å². The molecule has 2 aromatic rings. The molecule has 23 heavy (non-hydrogen) atoms. The quantitative estimate of drug-likeness (QED) is 0.739. The Morgan fingerprint density at radius 3 is 2.30 bits per heavy atom. The lowest BCUT2D eigenvalue weighted by Gasteiger charge is -2.30. The zero-order valence-corrected chi connectivity index (χ0v) is 14.7. The molecule has 120 valence electrons. The molecule has 2 aromatic carbocycles. The highest BCUT2D eigenvalue weighted by Gasteiger charge is 2.53. The van der Waals surface area contributed by atoms with Crippen molar-refractivity contribution in [3.63, 3.8) is 0 Å². The molecule has 1 atom stereocenters. The number of halogens is 2. The number of carbonyl (C=O) groups is 1. The molecular weight excluding hydrogens is 329 g/mol. The van der Waals surface area contributed by atoms with Crippen LogP contribution in [-0.4, -0.2) is 17.9 Å². The van der Waals surface area contributed by atoms with Gasteiger partial charge in [0, 0.05) is 7.05 Å². The van der Waals surface area contributed by atoms with Crippen LogP contribution in [0.1, 0.15) is 36.9 Å². The fourth-order valence-corrected chi connectivity index (χ4v) is 3.31. The molecule has 0 unspecified atom stereocenters. The molecule has 0 N–H and O–H groups in total. The van der Waals surface area contributed by atoms with E-state index in [4.69, 9.17) is 23.2 Å². The monoisotopic (exact) mass is 347 g/mol. The van der Waals surface area contributed by atoms with Gasteiger partial charge in [0.1, 0.15) is 0 Å². The van der Waals surface area contributed by atoms with Crippen molar-refractivity contribution in [3.05, 3.63) is 69.7 Å². The highest BCUT2D eigenvalue weighted by molar-refractivity contribution is 6.42. The van der Waals surface area contributed by atoms with E-state index in [-0.39, 0.29) is 11.9 Å². The third-order valence-electron chi connectivity index (χ3n) is 4.81. The number of nitrogens with zero attached hydrogens (tertiary/aromatic N) is 1. The summed E-state index contributed by atoms with van der Waals surface area (Å²) in [7, 11) is 1.87. The molecule has 2 nitrogen and oxygen atoms in total. The normalized spacial score (nSPS) is 16.7. The smallest absolute Gasteiger partial charge is 0.233 e. The number of rotatable bonds is 4. The van der Waals surface area contributed by atoms with Gasteiger partial charge in [-0.2, -0.15) is 0 Å². The molecule has 0 spiro atoms. The second-order valence-electron chi connectivity index (χ2n) is 6.21. The Morgan fingerprint density at radius 2 is 1.74 bits per heavy atom. The van der Waals surface area contributed by atoms with Gasteiger partial charge in [-0.1, -0.05) is 59.6 Å². The van der Waals surface area contributed by atoms with Crippen LogP contribution in [0, 0.1) is 0 Å². The van der Waals surface area contributed by atoms with Crippen molar-refractivity contribution in [3.8, 4) is 0 Å². The summed E-state index contributed by atoms with van der Waals surface area (Å²) >= 11 is 12.1. The predicted octanol–water partition coefficient (Wildman–Crippen LogP) is 5.24. The zero-order valence-electron chi connectivity index (χ0n) is 13.2. The fourth-order valence-electron chi connectivity index (χ4n) is 3.01. The van der Waals surface area contributed by atoms with Crippen LogP contribution in [0.25, 0.3) is 0 Å².